The van der Waals surface area contributed by atoms with Crippen molar-refractivity contribution >= 4 is 11.6 Å². The predicted molar refractivity (Wildman–Crippen MR) is 72.8 cm³/mol. The summed E-state index contributed by atoms with van der Waals surface area (Å²) in [4.78, 5) is 14.4. The van der Waals surface area contributed by atoms with Crippen LogP contribution in [-0.2, 0) is 11.3 Å². The summed E-state index contributed by atoms with van der Waals surface area (Å²) in [5, 5.41) is 4.12. The number of ether oxygens (including phenoxy) is 1. The van der Waals surface area contributed by atoms with Crippen LogP contribution in [0.3, 0.4) is 0 Å². The predicted octanol–water partition coefficient (Wildman–Crippen LogP) is 0.982. The summed E-state index contributed by atoms with van der Waals surface area (Å²) in [7, 11) is 1.69. The second kappa shape index (κ2) is 5.61. The third-order valence-electron chi connectivity index (χ3n) is 3.85. The lowest BCUT2D eigenvalue weighted by Crippen LogP contribution is -2.47. The van der Waals surface area contributed by atoms with Crippen molar-refractivity contribution in [3.63, 3.8) is 0 Å². The first-order valence-electron chi connectivity index (χ1n) is 6.71. The van der Waals surface area contributed by atoms with Gasteiger partial charge < -0.3 is 15.4 Å². The van der Waals surface area contributed by atoms with Crippen LogP contribution >= 0.6 is 0 Å². The van der Waals surface area contributed by atoms with Gasteiger partial charge in [-0.1, -0.05) is 6.92 Å². The number of amides is 1. The van der Waals surface area contributed by atoms with E-state index in [4.69, 9.17) is 10.5 Å². The first-order valence-corrected chi connectivity index (χ1v) is 6.71. The normalized spacial score (nSPS) is 23.6. The summed E-state index contributed by atoms with van der Waals surface area (Å²) in [6.45, 7) is 6.09. The third kappa shape index (κ3) is 2.58. The Hall–Kier alpha value is -1.56. The number of carbonyl (C=O) groups excluding carboxylic acids is 1. The minimum atomic E-state index is -0.0502. The van der Waals surface area contributed by atoms with Gasteiger partial charge in [0.2, 0.25) is 0 Å². The average Bonchev–Trinajstić information content (AvgIpc) is 2.79. The van der Waals surface area contributed by atoms with Crippen LogP contribution < -0.4 is 5.73 Å². The molecule has 6 heteroatoms. The fraction of sp³-hybridized carbons (Fsp3) is 0.692. The topological polar surface area (TPSA) is 73.4 Å². The van der Waals surface area contributed by atoms with Gasteiger partial charge >= 0.3 is 0 Å². The van der Waals surface area contributed by atoms with Crippen LogP contribution in [0.25, 0.3) is 0 Å². The Morgan fingerprint density at radius 2 is 2.37 bits per heavy atom. The van der Waals surface area contributed by atoms with Crippen molar-refractivity contribution in [2.45, 2.75) is 32.9 Å². The highest BCUT2D eigenvalue weighted by atomic mass is 16.5. The molecule has 6 nitrogen and oxygen atoms in total. The molecule has 2 heterocycles. The van der Waals surface area contributed by atoms with Crippen molar-refractivity contribution in [2.75, 3.05) is 25.9 Å². The van der Waals surface area contributed by atoms with Gasteiger partial charge in [-0.3, -0.25) is 9.48 Å². The van der Waals surface area contributed by atoms with Crippen LogP contribution in [0.2, 0.25) is 0 Å². The molecule has 1 aliphatic heterocycles. The number of hydrogen-bond acceptors (Lipinski definition) is 4. The van der Waals surface area contributed by atoms with Gasteiger partial charge in [-0.25, -0.2) is 0 Å². The second-order valence-corrected chi connectivity index (χ2v) is 5.06. The molecule has 1 aromatic heterocycles. The molecule has 0 saturated carbocycles. The number of nitrogen functional groups attached to an aromatic ring is 1. The first-order chi connectivity index (χ1) is 9.08. The van der Waals surface area contributed by atoms with E-state index in [0.29, 0.717) is 30.4 Å². The summed E-state index contributed by atoms with van der Waals surface area (Å²) in [5.74, 6) is 0.424. The number of rotatable bonds is 3. The van der Waals surface area contributed by atoms with Gasteiger partial charge in [-0.2, -0.15) is 5.10 Å². The zero-order valence-electron chi connectivity index (χ0n) is 11.8. The Morgan fingerprint density at radius 1 is 1.63 bits per heavy atom. The number of piperidine rings is 1. The van der Waals surface area contributed by atoms with E-state index in [1.54, 1.807) is 11.8 Å². The number of likely N-dealkylation sites (tertiary alicyclic amines) is 1. The molecule has 0 spiro atoms. The molecule has 2 rings (SSSR count). The summed E-state index contributed by atoms with van der Waals surface area (Å²) >= 11 is 0. The minimum absolute atomic E-state index is 0.0502. The monoisotopic (exact) mass is 266 g/mol. The number of carbonyl (C=O) groups is 1. The van der Waals surface area contributed by atoms with E-state index in [0.717, 1.165) is 13.0 Å². The lowest BCUT2D eigenvalue weighted by Gasteiger charge is -2.36. The molecule has 1 amide bonds. The van der Waals surface area contributed by atoms with Gasteiger partial charge in [-0.15, -0.1) is 0 Å². The van der Waals surface area contributed by atoms with Crippen molar-refractivity contribution < 1.29 is 9.53 Å². The third-order valence-corrected chi connectivity index (χ3v) is 3.85. The van der Waals surface area contributed by atoms with Gasteiger partial charge in [-0.05, 0) is 19.3 Å². The summed E-state index contributed by atoms with van der Waals surface area (Å²) in [6, 6.07) is 0. The number of anilines is 1. The Morgan fingerprint density at radius 3 is 3.00 bits per heavy atom. The molecule has 2 N–H and O–H groups in total. The molecule has 1 saturated heterocycles. The fourth-order valence-corrected chi connectivity index (χ4v) is 2.55. The lowest BCUT2D eigenvalue weighted by atomic mass is 9.95. The second-order valence-electron chi connectivity index (χ2n) is 5.06. The van der Waals surface area contributed by atoms with E-state index >= 15 is 0 Å². The van der Waals surface area contributed by atoms with Crippen LogP contribution in [0.4, 0.5) is 5.69 Å². The van der Waals surface area contributed by atoms with Gasteiger partial charge in [0.25, 0.3) is 5.91 Å². The average molecular weight is 266 g/mol. The quantitative estimate of drug-likeness (QED) is 0.885. The lowest BCUT2D eigenvalue weighted by molar-refractivity contribution is -0.00194. The smallest absolute Gasteiger partial charge is 0.274 e. The summed E-state index contributed by atoms with van der Waals surface area (Å²) < 4.78 is 7.09. The molecular weight excluding hydrogens is 244 g/mol. The Labute approximate surface area is 113 Å². The number of nitrogens with two attached hydrogens (primary N) is 1. The van der Waals surface area contributed by atoms with E-state index in [1.165, 1.54) is 6.20 Å². The van der Waals surface area contributed by atoms with Gasteiger partial charge in [0.05, 0.1) is 18.0 Å². The van der Waals surface area contributed by atoms with E-state index < -0.39 is 0 Å². The molecule has 106 valence electrons. The van der Waals surface area contributed by atoms with Crippen LogP contribution in [0.5, 0.6) is 0 Å². The molecular formula is C13H22N4O2. The number of methoxy groups -OCH3 is 1. The highest BCUT2D eigenvalue weighted by Gasteiger charge is 2.31. The van der Waals surface area contributed by atoms with Crippen molar-refractivity contribution in [1.82, 2.24) is 14.7 Å². The van der Waals surface area contributed by atoms with Crippen LogP contribution in [-0.4, -0.2) is 46.9 Å². The number of aromatic nitrogens is 2. The first kappa shape index (κ1) is 13.9. The van der Waals surface area contributed by atoms with Gasteiger partial charge in [0.1, 0.15) is 5.69 Å². The SMILES string of the molecule is CCn1ncc(N)c1C(=O)N1CCC(C)C(OC)C1. The van der Waals surface area contributed by atoms with E-state index in [-0.39, 0.29) is 12.0 Å². The summed E-state index contributed by atoms with van der Waals surface area (Å²) in [5.41, 5.74) is 6.79. The van der Waals surface area contributed by atoms with Gasteiger partial charge in [0, 0.05) is 26.7 Å². The standard InChI is InChI=1S/C13H22N4O2/c1-4-17-12(10(14)7-15-17)13(18)16-6-5-9(2)11(8-16)19-3/h7,9,11H,4-6,8,14H2,1-3H3. The van der Waals surface area contributed by atoms with Crippen molar-refractivity contribution in [2.24, 2.45) is 5.92 Å². The fourth-order valence-electron chi connectivity index (χ4n) is 2.55. The van der Waals surface area contributed by atoms with Crippen molar-refractivity contribution in [1.29, 1.82) is 0 Å². The van der Waals surface area contributed by atoms with E-state index in [2.05, 4.69) is 12.0 Å². The largest absolute Gasteiger partial charge is 0.396 e. The van der Waals surface area contributed by atoms with E-state index in [9.17, 15) is 4.79 Å². The number of aryl methyl sites for hydroxylation is 1. The Balaban J connectivity index is 2.18. The molecule has 1 aromatic rings. The molecule has 0 aromatic carbocycles. The molecule has 1 aliphatic rings. The molecule has 19 heavy (non-hydrogen) atoms. The maximum atomic E-state index is 12.6. The number of hydrogen-bond donors (Lipinski definition) is 1. The van der Waals surface area contributed by atoms with E-state index in [1.807, 2.05) is 11.8 Å². The van der Waals surface area contributed by atoms with Crippen molar-refractivity contribution in [3.8, 4) is 0 Å². The zero-order chi connectivity index (χ0) is 14.0. The van der Waals surface area contributed by atoms with Gasteiger partial charge in [0.15, 0.2) is 0 Å². The molecule has 0 aliphatic carbocycles. The molecule has 0 radical (unpaired) electrons. The molecule has 2 unspecified atom stereocenters. The maximum Gasteiger partial charge on any atom is 0.274 e. The zero-order valence-corrected chi connectivity index (χ0v) is 11.8. The number of nitrogens with zero attached hydrogens (tertiary/aromatic N) is 3. The highest BCUT2D eigenvalue weighted by Crippen LogP contribution is 2.22. The Bertz CT molecular complexity index is 457. The van der Waals surface area contributed by atoms with Crippen LogP contribution in [0, 0.1) is 5.92 Å². The minimum Gasteiger partial charge on any atom is -0.396 e. The molecule has 2 atom stereocenters. The van der Waals surface area contributed by atoms with Crippen LogP contribution in [0.1, 0.15) is 30.8 Å². The summed E-state index contributed by atoms with van der Waals surface area (Å²) in [6.07, 6.45) is 2.58. The molecule has 1 fully saturated rings. The maximum absolute atomic E-state index is 12.6. The molecule has 0 bridgehead atoms. The Kier molecular flexibility index (Phi) is 4.09. The highest BCUT2D eigenvalue weighted by molar-refractivity contribution is 5.97. The van der Waals surface area contributed by atoms with Crippen molar-refractivity contribution in [3.05, 3.63) is 11.9 Å². The van der Waals surface area contributed by atoms with Crippen LogP contribution in [0.15, 0.2) is 6.20 Å².